The van der Waals surface area contributed by atoms with E-state index < -0.39 is 0 Å². The van der Waals surface area contributed by atoms with Crippen LogP contribution in [-0.4, -0.2) is 7.11 Å². The van der Waals surface area contributed by atoms with Crippen molar-refractivity contribution in [2.24, 2.45) is 0 Å². The van der Waals surface area contributed by atoms with Crippen LogP contribution in [0.4, 0.5) is 8.78 Å². The van der Waals surface area contributed by atoms with Gasteiger partial charge in [-0.15, -0.1) is 0 Å². The van der Waals surface area contributed by atoms with Crippen molar-refractivity contribution in [3.63, 3.8) is 0 Å². The van der Waals surface area contributed by atoms with Crippen LogP contribution in [0.15, 0.2) is 48.5 Å². The van der Waals surface area contributed by atoms with E-state index in [1.54, 1.807) is 38.3 Å². The second-order valence-corrected chi connectivity index (χ2v) is 3.41. The monoisotopic (exact) mass is 296 g/mol. The van der Waals surface area contributed by atoms with E-state index in [4.69, 9.17) is 4.74 Å². The summed E-state index contributed by atoms with van der Waals surface area (Å²) < 4.78 is 29.3. The third-order valence-corrected chi connectivity index (χ3v) is 2.13. The Kier molecular flexibility index (Phi) is 14.8. The molecule has 0 heterocycles. The van der Waals surface area contributed by atoms with Crippen molar-refractivity contribution in [3.8, 4) is 5.75 Å². The Labute approximate surface area is 127 Å². The second-order valence-electron chi connectivity index (χ2n) is 3.41. The van der Waals surface area contributed by atoms with Gasteiger partial charge in [-0.3, -0.25) is 0 Å². The van der Waals surface area contributed by atoms with E-state index in [0.29, 0.717) is 11.3 Å². The molecule has 2 rings (SSSR count). The average molecular weight is 296 g/mol. The van der Waals surface area contributed by atoms with Gasteiger partial charge in [-0.1, -0.05) is 45.9 Å². The Bertz CT molecular complexity index is 432. The van der Waals surface area contributed by atoms with E-state index in [9.17, 15) is 8.78 Å². The van der Waals surface area contributed by atoms with Crippen LogP contribution in [0.1, 0.15) is 33.3 Å². The van der Waals surface area contributed by atoms with Crippen molar-refractivity contribution < 1.29 is 13.5 Å². The maximum atomic E-state index is 12.3. The summed E-state index contributed by atoms with van der Waals surface area (Å²) >= 11 is 0. The van der Waals surface area contributed by atoms with E-state index in [0.717, 1.165) is 0 Å². The normalized spacial score (nSPS) is 8.00. The number of rotatable bonds is 1. The molecule has 0 aliphatic rings. The van der Waals surface area contributed by atoms with E-state index in [2.05, 4.69) is 0 Å². The fourth-order valence-corrected chi connectivity index (χ4v) is 1.12. The van der Waals surface area contributed by atoms with Gasteiger partial charge in [0.1, 0.15) is 17.4 Å². The SMILES string of the molecule is CC.CC.COc1ccc(F)cc1.Cc1ccccc1F. The topological polar surface area (TPSA) is 9.23 Å². The highest BCUT2D eigenvalue weighted by molar-refractivity contribution is 5.21. The predicted octanol–water partition coefficient (Wildman–Crippen LogP) is 6.02. The molecular weight excluding hydrogens is 270 g/mol. The molecular formula is C18H26F2O. The quantitative estimate of drug-likeness (QED) is 0.625. The fourth-order valence-electron chi connectivity index (χ4n) is 1.12. The van der Waals surface area contributed by atoms with Crippen molar-refractivity contribution in [2.75, 3.05) is 7.11 Å². The largest absolute Gasteiger partial charge is 0.497 e. The predicted molar refractivity (Wildman–Crippen MR) is 86.8 cm³/mol. The first-order valence-corrected chi connectivity index (χ1v) is 7.14. The molecule has 0 aromatic heterocycles. The summed E-state index contributed by atoms with van der Waals surface area (Å²) in [5.41, 5.74) is 0.701. The van der Waals surface area contributed by atoms with Crippen LogP contribution in [0.5, 0.6) is 5.75 Å². The number of hydrogen-bond donors (Lipinski definition) is 0. The molecule has 0 fully saturated rings. The number of halogens is 2. The lowest BCUT2D eigenvalue weighted by atomic mass is 10.2. The molecule has 0 saturated heterocycles. The van der Waals surface area contributed by atoms with Gasteiger partial charge in [0, 0.05) is 0 Å². The molecule has 0 N–H and O–H groups in total. The van der Waals surface area contributed by atoms with Crippen LogP contribution in [-0.2, 0) is 0 Å². The van der Waals surface area contributed by atoms with Crippen LogP contribution < -0.4 is 4.74 Å². The maximum absolute atomic E-state index is 12.3. The van der Waals surface area contributed by atoms with Crippen molar-refractivity contribution in [2.45, 2.75) is 34.6 Å². The van der Waals surface area contributed by atoms with Gasteiger partial charge in [-0.2, -0.15) is 0 Å². The van der Waals surface area contributed by atoms with Gasteiger partial charge in [0.25, 0.3) is 0 Å². The Morgan fingerprint density at radius 1 is 0.762 bits per heavy atom. The van der Waals surface area contributed by atoms with E-state index in [-0.39, 0.29) is 11.6 Å². The van der Waals surface area contributed by atoms with E-state index in [1.165, 1.54) is 18.2 Å². The summed E-state index contributed by atoms with van der Waals surface area (Å²) in [5, 5.41) is 0. The van der Waals surface area contributed by atoms with Gasteiger partial charge in [-0.05, 0) is 42.8 Å². The maximum Gasteiger partial charge on any atom is 0.126 e. The van der Waals surface area contributed by atoms with Crippen LogP contribution in [0.2, 0.25) is 0 Å². The van der Waals surface area contributed by atoms with Gasteiger partial charge in [0.2, 0.25) is 0 Å². The molecule has 118 valence electrons. The Balaban J connectivity index is 0. The highest BCUT2D eigenvalue weighted by Gasteiger charge is 1.89. The van der Waals surface area contributed by atoms with Gasteiger partial charge < -0.3 is 4.74 Å². The molecule has 2 aromatic carbocycles. The van der Waals surface area contributed by atoms with Gasteiger partial charge in [0.15, 0.2) is 0 Å². The lowest BCUT2D eigenvalue weighted by Crippen LogP contribution is -1.80. The minimum atomic E-state index is -0.240. The van der Waals surface area contributed by atoms with Crippen molar-refractivity contribution in [1.82, 2.24) is 0 Å². The first-order chi connectivity index (χ1) is 10.1. The molecule has 0 aliphatic heterocycles. The molecule has 0 unspecified atom stereocenters. The summed E-state index contributed by atoms with van der Waals surface area (Å²) in [6.45, 7) is 9.75. The zero-order valence-corrected chi connectivity index (χ0v) is 13.8. The van der Waals surface area contributed by atoms with Crippen molar-refractivity contribution in [1.29, 1.82) is 0 Å². The minimum absolute atomic E-state index is 0.132. The second kappa shape index (κ2) is 14.5. The third-order valence-electron chi connectivity index (χ3n) is 2.13. The standard InChI is InChI=1S/C7H7FO.C7H7F.2C2H6/c1-9-7-4-2-6(8)3-5-7;1-6-4-2-3-5-7(6)8;2*1-2/h2-5H,1H3;2-5H,1H3;2*1-2H3. The summed E-state index contributed by atoms with van der Waals surface area (Å²) in [6, 6.07) is 12.6. The minimum Gasteiger partial charge on any atom is -0.497 e. The molecule has 0 saturated carbocycles. The van der Waals surface area contributed by atoms with Crippen molar-refractivity contribution in [3.05, 3.63) is 65.7 Å². The number of methoxy groups -OCH3 is 1. The molecule has 1 nitrogen and oxygen atoms in total. The molecule has 0 aliphatic carbocycles. The van der Waals surface area contributed by atoms with E-state index >= 15 is 0 Å². The highest BCUT2D eigenvalue weighted by Crippen LogP contribution is 2.09. The summed E-state index contributed by atoms with van der Waals surface area (Å²) in [5.74, 6) is 0.305. The van der Waals surface area contributed by atoms with Gasteiger partial charge in [0.05, 0.1) is 7.11 Å². The number of benzene rings is 2. The highest BCUT2D eigenvalue weighted by atomic mass is 19.1. The number of hydrogen-bond acceptors (Lipinski definition) is 1. The molecule has 0 atom stereocenters. The molecule has 0 spiro atoms. The van der Waals surface area contributed by atoms with Crippen LogP contribution in [0, 0.1) is 18.6 Å². The lowest BCUT2D eigenvalue weighted by molar-refractivity contribution is 0.413. The van der Waals surface area contributed by atoms with E-state index in [1.807, 2.05) is 33.8 Å². The Hall–Kier alpha value is -1.90. The zero-order valence-electron chi connectivity index (χ0n) is 13.8. The van der Waals surface area contributed by atoms with Crippen LogP contribution in [0.3, 0.4) is 0 Å². The lowest BCUT2D eigenvalue weighted by Gasteiger charge is -1.95. The first kappa shape index (κ1) is 21.4. The number of aryl methyl sites for hydroxylation is 1. The summed E-state index contributed by atoms with van der Waals surface area (Å²) in [7, 11) is 1.55. The van der Waals surface area contributed by atoms with Crippen LogP contribution >= 0.6 is 0 Å². The first-order valence-electron chi connectivity index (χ1n) is 7.14. The van der Waals surface area contributed by atoms with Crippen molar-refractivity contribution >= 4 is 0 Å². The Morgan fingerprint density at radius 3 is 1.57 bits per heavy atom. The molecule has 21 heavy (non-hydrogen) atoms. The van der Waals surface area contributed by atoms with Gasteiger partial charge in [-0.25, -0.2) is 8.78 Å². The molecule has 0 bridgehead atoms. The molecule has 0 radical (unpaired) electrons. The smallest absolute Gasteiger partial charge is 0.126 e. The molecule has 2 aromatic rings. The Morgan fingerprint density at radius 2 is 1.24 bits per heavy atom. The third kappa shape index (κ3) is 10.5. The number of ether oxygens (including phenoxy) is 1. The van der Waals surface area contributed by atoms with Gasteiger partial charge >= 0.3 is 0 Å². The fraction of sp³-hybridized carbons (Fsp3) is 0.333. The molecule has 3 heteroatoms. The average Bonchev–Trinajstić information content (AvgIpc) is 2.55. The summed E-state index contributed by atoms with van der Waals surface area (Å²) in [4.78, 5) is 0. The summed E-state index contributed by atoms with van der Waals surface area (Å²) in [6.07, 6.45) is 0. The zero-order chi connectivity index (χ0) is 16.7. The molecule has 0 amide bonds. The van der Waals surface area contributed by atoms with Crippen LogP contribution in [0.25, 0.3) is 0 Å².